The molecule has 0 atom stereocenters. The number of carbonyl (C=O) groups excluding carboxylic acids is 1. The third kappa shape index (κ3) is 4.24. The van der Waals surface area contributed by atoms with E-state index in [0.717, 1.165) is 21.5 Å². The summed E-state index contributed by atoms with van der Waals surface area (Å²) >= 11 is 1.35. The minimum Gasteiger partial charge on any atom is -0.296 e. The maximum absolute atomic E-state index is 13.3. The monoisotopic (exact) mass is 440 g/mol. The maximum Gasteiger partial charge on any atom is 0.258 e. The Morgan fingerprint density at radius 3 is 2.47 bits per heavy atom. The third-order valence-electron chi connectivity index (χ3n) is 4.99. The first-order valence-corrected chi connectivity index (χ1v) is 10.8. The number of aromatic nitrogens is 3. The number of pyridine rings is 1. The molecule has 7 heteroatoms. The fraction of sp³-hybridized carbons (Fsp3) is 0.0400. The summed E-state index contributed by atoms with van der Waals surface area (Å²) in [5.41, 5.74) is 3.60. The molecule has 5 rings (SSSR count). The molecule has 0 saturated heterocycles. The van der Waals surface area contributed by atoms with Crippen LogP contribution in [0.5, 0.6) is 0 Å². The van der Waals surface area contributed by atoms with Crippen molar-refractivity contribution < 1.29 is 9.18 Å². The molecule has 0 radical (unpaired) electrons. The Labute approximate surface area is 187 Å². The second-order valence-electron chi connectivity index (χ2n) is 7.20. The van der Waals surface area contributed by atoms with Crippen molar-refractivity contribution in [3.8, 4) is 11.3 Å². The van der Waals surface area contributed by atoms with E-state index in [1.807, 2.05) is 54.6 Å². The van der Waals surface area contributed by atoms with Gasteiger partial charge in [0.05, 0.1) is 16.8 Å². The number of nitrogens with one attached hydrogen (secondary N) is 1. The van der Waals surface area contributed by atoms with Crippen molar-refractivity contribution in [2.24, 2.45) is 0 Å². The zero-order chi connectivity index (χ0) is 21.9. The van der Waals surface area contributed by atoms with Crippen LogP contribution in [0.2, 0.25) is 0 Å². The molecule has 0 aliphatic heterocycles. The molecule has 1 N–H and O–H groups in total. The number of carbonyl (C=O) groups is 1. The largest absolute Gasteiger partial charge is 0.296 e. The smallest absolute Gasteiger partial charge is 0.258 e. The molecule has 1 amide bonds. The quantitative estimate of drug-likeness (QED) is 0.379. The highest BCUT2D eigenvalue weighted by molar-refractivity contribution is 7.15. The average molecular weight is 441 g/mol. The Morgan fingerprint density at radius 2 is 1.66 bits per heavy atom. The van der Waals surface area contributed by atoms with Gasteiger partial charge in [-0.15, -0.1) is 10.2 Å². The standard InChI is InChI=1S/C25H17FN4OS/c26-18-12-10-17(11-13-18)22-15-20(19-8-4-5-9-21(19)27-22)24(31)28-25-30-29-23(32-25)14-16-6-2-1-3-7-16/h1-13,15H,14H2,(H,28,30,31). The second-order valence-corrected chi connectivity index (χ2v) is 8.26. The van der Waals surface area contributed by atoms with Crippen LogP contribution in [-0.4, -0.2) is 21.1 Å². The number of anilines is 1. The first kappa shape index (κ1) is 20.0. The number of nitrogens with zero attached hydrogens (tertiary/aromatic N) is 3. The van der Waals surface area contributed by atoms with Crippen LogP contribution >= 0.6 is 11.3 Å². The Kier molecular flexibility index (Phi) is 5.39. The number of fused-ring (bicyclic) bond motifs is 1. The number of benzene rings is 3. The van der Waals surface area contributed by atoms with E-state index in [1.54, 1.807) is 18.2 Å². The van der Waals surface area contributed by atoms with Crippen molar-refractivity contribution >= 4 is 33.3 Å². The van der Waals surface area contributed by atoms with Crippen molar-refractivity contribution in [2.45, 2.75) is 6.42 Å². The van der Waals surface area contributed by atoms with Gasteiger partial charge < -0.3 is 0 Å². The van der Waals surface area contributed by atoms with Gasteiger partial charge >= 0.3 is 0 Å². The number of para-hydroxylation sites is 1. The van der Waals surface area contributed by atoms with Gasteiger partial charge in [-0.05, 0) is 42.0 Å². The molecule has 5 nitrogen and oxygen atoms in total. The first-order valence-electron chi connectivity index (χ1n) is 9.99. The van der Waals surface area contributed by atoms with Crippen molar-refractivity contribution in [2.75, 3.05) is 5.32 Å². The minimum atomic E-state index is -0.324. The zero-order valence-electron chi connectivity index (χ0n) is 16.8. The van der Waals surface area contributed by atoms with Gasteiger partial charge in [-0.1, -0.05) is 59.9 Å². The molecule has 0 spiro atoms. The van der Waals surface area contributed by atoms with Crippen LogP contribution in [0.1, 0.15) is 20.9 Å². The highest BCUT2D eigenvalue weighted by Crippen LogP contribution is 2.26. The Hall–Kier alpha value is -3.97. The molecule has 0 aliphatic carbocycles. The Morgan fingerprint density at radius 1 is 0.906 bits per heavy atom. The number of hydrogen-bond acceptors (Lipinski definition) is 5. The molecule has 2 heterocycles. The summed E-state index contributed by atoms with van der Waals surface area (Å²) in [5.74, 6) is -0.621. The normalized spacial score (nSPS) is 10.9. The lowest BCUT2D eigenvalue weighted by molar-refractivity contribution is 0.102. The summed E-state index contributed by atoms with van der Waals surface area (Å²) in [7, 11) is 0. The number of hydrogen-bond donors (Lipinski definition) is 1. The van der Waals surface area contributed by atoms with Crippen molar-refractivity contribution in [1.82, 2.24) is 15.2 Å². The maximum atomic E-state index is 13.3. The lowest BCUT2D eigenvalue weighted by Crippen LogP contribution is -2.13. The third-order valence-corrected chi connectivity index (χ3v) is 5.82. The lowest BCUT2D eigenvalue weighted by Gasteiger charge is -2.09. The highest BCUT2D eigenvalue weighted by atomic mass is 32.1. The van der Waals surface area contributed by atoms with Gasteiger partial charge in [0.1, 0.15) is 10.8 Å². The van der Waals surface area contributed by atoms with Crippen LogP contribution in [0.3, 0.4) is 0 Å². The van der Waals surface area contributed by atoms with E-state index in [4.69, 9.17) is 0 Å². The van der Waals surface area contributed by atoms with E-state index in [-0.39, 0.29) is 11.7 Å². The van der Waals surface area contributed by atoms with E-state index < -0.39 is 0 Å². The molecule has 5 aromatic rings. The second kappa shape index (κ2) is 8.64. The van der Waals surface area contributed by atoms with Gasteiger partial charge in [0.25, 0.3) is 5.91 Å². The van der Waals surface area contributed by atoms with E-state index in [2.05, 4.69) is 20.5 Å². The zero-order valence-corrected chi connectivity index (χ0v) is 17.6. The fourth-order valence-corrected chi connectivity index (χ4v) is 4.21. The van der Waals surface area contributed by atoms with Crippen LogP contribution in [0.15, 0.2) is 84.9 Å². The van der Waals surface area contributed by atoms with Crippen molar-refractivity contribution in [1.29, 1.82) is 0 Å². The molecule has 0 bridgehead atoms. The summed E-state index contributed by atoms with van der Waals surface area (Å²) in [5, 5.41) is 13.2. The molecule has 0 fully saturated rings. The van der Waals surface area contributed by atoms with Crippen molar-refractivity contribution in [3.05, 3.63) is 107 Å². The molecular weight excluding hydrogens is 423 g/mol. The highest BCUT2D eigenvalue weighted by Gasteiger charge is 2.16. The van der Waals surface area contributed by atoms with Crippen LogP contribution in [0.25, 0.3) is 22.2 Å². The van der Waals surface area contributed by atoms with Gasteiger partial charge in [-0.3, -0.25) is 10.1 Å². The Bertz CT molecular complexity index is 1400. The van der Waals surface area contributed by atoms with E-state index in [0.29, 0.717) is 28.3 Å². The predicted octanol–water partition coefficient (Wildman–Crippen LogP) is 5.74. The summed E-state index contributed by atoms with van der Waals surface area (Å²) < 4.78 is 13.3. The molecule has 32 heavy (non-hydrogen) atoms. The summed E-state index contributed by atoms with van der Waals surface area (Å²) in [4.78, 5) is 17.8. The molecular formula is C25H17FN4OS. The molecule has 156 valence electrons. The van der Waals surface area contributed by atoms with Crippen molar-refractivity contribution in [3.63, 3.8) is 0 Å². The van der Waals surface area contributed by atoms with Gasteiger partial charge in [0.15, 0.2) is 0 Å². The number of amides is 1. The topological polar surface area (TPSA) is 67.8 Å². The van der Waals surface area contributed by atoms with Crippen LogP contribution < -0.4 is 5.32 Å². The van der Waals surface area contributed by atoms with Gasteiger partial charge in [-0.2, -0.15) is 0 Å². The Balaban J connectivity index is 1.45. The van der Waals surface area contributed by atoms with Gasteiger partial charge in [0, 0.05) is 17.4 Å². The minimum absolute atomic E-state index is 0.297. The summed E-state index contributed by atoms with van der Waals surface area (Å²) in [6.07, 6.45) is 0.654. The predicted molar refractivity (Wildman–Crippen MR) is 124 cm³/mol. The average Bonchev–Trinajstić information content (AvgIpc) is 3.26. The number of rotatable bonds is 5. The van der Waals surface area contributed by atoms with Crippen LogP contribution in [-0.2, 0) is 6.42 Å². The SMILES string of the molecule is O=C(Nc1nnc(Cc2ccccc2)s1)c1cc(-c2ccc(F)cc2)nc2ccccc12. The van der Waals surface area contributed by atoms with Crippen LogP contribution in [0, 0.1) is 5.82 Å². The lowest BCUT2D eigenvalue weighted by atomic mass is 10.0. The van der Waals surface area contributed by atoms with Crippen LogP contribution in [0.4, 0.5) is 9.52 Å². The van der Waals surface area contributed by atoms with E-state index in [9.17, 15) is 9.18 Å². The van der Waals surface area contributed by atoms with E-state index >= 15 is 0 Å². The molecule has 0 aliphatic rings. The van der Waals surface area contributed by atoms with Gasteiger partial charge in [0.2, 0.25) is 5.13 Å². The molecule has 3 aromatic carbocycles. The molecule has 2 aromatic heterocycles. The molecule has 0 unspecified atom stereocenters. The van der Waals surface area contributed by atoms with Gasteiger partial charge in [-0.25, -0.2) is 9.37 Å². The molecule has 0 saturated carbocycles. The fourth-order valence-electron chi connectivity index (χ4n) is 3.44. The van der Waals surface area contributed by atoms with E-state index in [1.165, 1.54) is 23.5 Å². The number of halogens is 1. The summed E-state index contributed by atoms with van der Waals surface area (Å²) in [6, 6.07) is 25.2. The summed E-state index contributed by atoms with van der Waals surface area (Å²) in [6.45, 7) is 0. The first-order chi connectivity index (χ1) is 15.7.